The zero-order chi connectivity index (χ0) is 32.2. The number of carbonyl (C=O) groups excluding carboxylic acids is 3. The molecule has 1 fully saturated rings. The van der Waals surface area contributed by atoms with Crippen molar-refractivity contribution in [2.75, 3.05) is 33.9 Å². The van der Waals surface area contributed by atoms with Crippen LogP contribution in [0.2, 0.25) is 0 Å². The van der Waals surface area contributed by atoms with Gasteiger partial charge in [0.2, 0.25) is 0 Å². The van der Waals surface area contributed by atoms with Gasteiger partial charge < -0.3 is 34.5 Å². The predicted octanol–water partition coefficient (Wildman–Crippen LogP) is 2.57. The lowest BCUT2D eigenvalue weighted by Gasteiger charge is -2.22. The Morgan fingerprint density at radius 2 is 1.87 bits per heavy atom. The van der Waals surface area contributed by atoms with Gasteiger partial charge in [-0.25, -0.2) is 9.97 Å². The van der Waals surface area contributed by atoms with Gasteiger partial charge in [-0.05, 0) is 43.3 Å². The largest absolute Gasteiger partial charge is 0.497 e. The molecule has 13 nitrogen and oxygen atoms in total. The van der Waals surface area contributed by atoms with Crippen LogP contribution in [-0.4, -0.2) is 83.6 Å². The molecule has 4 bridgehead atoms. The summed E-state index contributed by atoms with van der Waals surface area (Å²) in [7, 11) is 3.00. The second-order valence-corrected chi connectivity index (χ2v) is 10.8. The van der Waals surface area contributed by atoms with Crippen molar-refractivity contribution in [1.29, 1.82) is 0 Å². The van der Waals surface area contributed by atoms with E-state index in [0.717, 1.165) is 11.1 Å². The fourth-order valence-electron chi connectivity index (χ4n) is 5.35. The van der Waals surface area contributed by atoms with E-state index in [-0.39, 0.29) is 49.4 Å². The van der Waals surface area contributed by atoms with Crippen LogP contribution in [0.4, 0.5) is 0 Å². The van der Waals surface area contributed by atoms with E-state index in [1.807, 2.05) is 6.07 Å². The van der Waals surface area contributed by atoms with Crippen LogP contribution in [0.25, 0.3) is 11.4 Å². The molecule has 46 heavy (non-hydrogen) atoms. The number of nitrogens with zero attached hydrogens (tertiary/aromatic N) is 4. The first kappa shape index (κ1) is 30.3. The number of hydrogen-bond donors (Lipinski definition) is 2. The van der Waals surface area contributed by atoms with Gasteiger partial charge in [-0.2, -0.15) is 0 Å². The highest BCUT2D eigenvalue weighted by molar-refractivity contribution is 5.97. The average Bonchev–Trinajstić information content (AvgIpc) is 3.47. The molecule has 3 aliphatic heterocycles. The minimum atomic E-state index is -0.615. The number of ether oxygens (including phenoxy) is 4. The number of hydrogen-bond acceptors (Lipinski definition) is 10. The maximum atomic E-state index is 13.8. The number of methoxy groups -OCH3 is 2. The molecule has 0 saturated carbocycles. The Morgan fingerprint density at radius 3 is 2.63 bits per heavy atom. The lowest BCUT2D eigenvalue weighted by molar-refractivity contribution is -0.123. The van der Waals surface area contributed by atoms with Gasteiger partial charge in [0.25, 0.3) is 17.7 Å². The summed E-state index contributed by atoms with van der Waals surface area (Å²) < 4.78 is 23.0. The molecule has 7 rings (SSSR count). The van der Waals surface area contributed by atoms with E-state index in [0.29, 0.717) is 34.3 Å². The summed E-state index contributed by atoms with van der Waals surface area (Å²) in [6.07, 6.45) is 4.22. The molecule has 2 aromatic carbocycles. The summed E-state index contributed by atoms with van der Waals surface area (Å²) >= 11 is 0. The number of aryl methyl sites for hydroxylation is 1. The third-order valence-electron chi connectivity index (χ3n) is 7.77. The molecule has 1 saturated heterocycles. The van der Waals surface area contributed by atoms with Gasteiger partial charge in [0.05, 0.1) is 38.1 Å². The molecule has 3 aliphatic rings. The van der Waals surface area contributed by atoms with Gasteiger partial charge >= 0.3 is 0 Å². The Labute approximate surface area is 264 Å². The van der Waals surface area contributed by atoms with Crippen molar-refractivity contribution in [3.63, 3.8) is 0 Å². The van der Waals surface area contributed by atoms with Gasteiger partial charge in [0.1, 0.15) is 29.1 Å². The number of amides is 3. The number of nitrogens with one attached hydrogen (secondary N) is 2. The highest BCUT2D eigenvalue weighted by Gasteiger charge is 2.39. The SMILES string of the molecule is COc1cc2cc(c1)C(=O)N[C@H]1CN(C(=O)c3cnc(-c4cccnc4)nc3C)C[C@@H]1Oc1ccc(c(OC)c1)CNC(=O)CO2. The summed E-state index contributed by atoms with van der Waals surface area (Å²) in [5.41, 5.74) is 2.58. The van der Waals surface area contributed by atoms with E-state index < -0.39 is 18.1 Å². The third kappa shape index (κ3) is 6.53. The van der Waals surface area contributed by atoms with E-state index in [4.69, 9.17) is 18.9 Å². The van der Waals surface area contributed by atoms with Gasteiger partial charge in [0, 0.05) is 60.5 Å². The summed E-state index contributed by atoms with van der Waals surface area (Å²) in [4.78, 5) is 54.6. The average molecular weight is 625 g/mol. The molecule has 2 aromatic heterocycles. The topological polar surface area (TPSA) is 154 Å². The molecule has 0 radical (unpaired) electrons. The first-order valence-electron chi connectivity index (χ1n) is 14.6. The fraction of sp³-hybridized carbons (Fsp3) is 0.273. The number of carbonyl (C=O) groups is 3. The van der Waals surface area contributed by atoms with Crippen molar-refractivity contribution in [3.8, 4) is 34.4 Å². The number of fused-ring (bicyclic) bond motifs is 7. The fourth-order valence-corrected chi connectivity index (χ4v) is 5.35. The van der Waals surface area contributed by atoms with Crippen molar-refractivity contribution in [2.45, 2.75) is 25.6 Å². The third-order valence-corrected chi connectivity index (χ3v) is 7.77. The van der Waals surface area contributed by atoms with E-state index >= 15 is 0 Å². The number of pyridine rings is 1. The minimum absolute atomic E-state index is 0.167. The van der Waals surface area contributed by atoms with Crippen molar-refractivity contribution < 1.29 is 33.3 Å². The van der Waals surface area contributed by atoms with Crippen LogP contribution in [0, 0.1) is 6.92 Å². The molecule has 13 heteroatoms. The first-order valence-corrected chi connectivity index (χ1v) is 14.6. The highest BCUT2D eigenvalue weighted by Crippen LogP contribution is 2.29. The second kappa shape index (κ2) is 13.1. The van der Waals surface area contributed by atoms with Crippen LogP contribution in [0.3, 0.4) is 0 Å². The standard InChI is InChI=1S/C33H32N6O7/c1-19-26(15-36-31(37-19)21-5-4-8-34-13-21)33(42)39-16-27-29(17-39)46-23-7-6-20(28(12-23)44-3)14-35-30(40)18-45-25-10-22(32(41)38-27)9-24(11-25)43-2/h4-13,15,27,29H,14,16-18H2,1-3H3,(H,35,40)(H,38,41)/t27-,29-/m0/s1. The monoisotopic (exact) mass is 624 g/mol. The molecule has 0 unspecified atom stereocenters. The number of likely N-dealkylation sites (tertiary alicyclic amines) is 1. The zero-order valence-electron chi connectivity index (χ0n) is 25.5. The smallest absolute Gasteiger partial charge is 0.258 e. The van der Waals surface area contributed by atoms with Crippen LogP contribution < -0.4 is 29.6 Å². The number of benzene rings is 2. The summed E-state index contributed by atoms with van der Waals surface area (Å²) in [6.45, 7) is 2.03. The molecule has 0 aliphatic carbocycles. The number of rotatable bonds is 4. The highest BCUT2D eigenvalue weighted by atomic mass is 16.5. The van der Waals surface area contributed by atoms with Gasteiger partial charge in [-0.15, -0.1) is 0 Å². The normalized spacial score (nSPS) is 17.9. The maximum absolute atomic E-state index is 13.8. The van der Waals surface area contributed by atoms with Crippen LogP contribution in [0.1, 0.15) is 32.0 Å². The Hall–Kier alpha value is -5.72. The first-order chi connectivity index (χ1) is 22.3. The van der Waals surface area contributed by atoms with E-state index in [1.54, 1.807) is 60.6 Å². The van der Waals surface area contributed by atoms with Gasteiger partial charge in [-0.1, -0.05) is 0 Å². The number of aromatic nitrogens is 3. The molecule has 236 valence electrons. The van der Waals surface area contributed by atoms with Crippen LogP contribution >= 0.6 is 0 Å². The Bertz CT molecular complexity index is 1780. The Kier molecular flexibility index (Phi) is 8.63. The lowest BCUT2D eigenvalue weighted by Crippen LogP contribution is -2.45. The Morgan fingerprint density at radius 1 is 1.00 bits per heavy atom. The van der Waals surface area contributed by atoms with Crippen LogP contribution in [0.5, 0.6) is 23.0 Å². The van der Waals surface area contributed by atoms with Crippen LogP contribution in [-0.2, 0) is 11.3 Å². The quantitative estimate of drug-likeness (QED) is 0.346. The van der Waals surface area contributed by atoms with E-state index in [1.165, 1.54) is 26.5 Å². The summed E-state index contributed by atoms with van der Waals surface area (Å²) in [5, 5.41) is 5.83. The predicted molar refractivity (Wildman–Crippen MR) is 165 cm³/mol. The van der Waals surface area contributed by atoms with Crippen molar-refractivity contribution >= 4 is 17.7 Å². The molecule has 2 N–H and O–H groups in total. The van der Waals surface area contributed by atoms with Crippen molar-refractivity contribution in [1.82, 2.24) is 30.5 Å². The van der Waals surface area contributed by atoms with Crippen molar-refractivity contribution in [3.05, 3.63) is 89.5 Å². The second-order valence-electron chi connectivity index (χ2n) is 10.8. The van der Waals surface area contributed by atoms with Gasteiger partial charge in [-0.3, -0.25) is 19.4 Å². The summed E-state index contributed by atoms with van der Waals surface area (Å²) in [6, 6.07) is 13.0. The van der Waals surface area contributed by atoms with E-state index in [2.05, 4.69) is 25.6 Å². The molecular formula is C33H32N6O7. The van der Waals surface area contributed by atoms with E-state index in [9.17, 15) is 14.4 Å². The molecular weight excluding hydrogens is 592 g/mol. The maximum Gasteiger partial charge on any atom is 0.258 e. The molecule has 0 spiro atoms. The molecule has 2 atom stereocenters. The molecule has 5 heterocycles. The zero-order valence-corrected chi connectivity index (χ0v) is 25.5. The Balaban J connectivity index is 1.31. The van der Waals surface area contributed by atoms with Gasteiger partial charge in [0.15, 0.2) is 12.4 Å². The lowest BCUT2D eigenvalue weighted by atomic mass is 10.1. The summed E-state index contributed by atoms with van der Waals surface area (Å²) in [5.74, 6) is 1.04. The van der Waals surface area contributed by atoms with Crippen LogP contribution in [0.15, 0.2) is 67.1 Å². The minimum Gasteiger partial charge on any atom is -0.497 e. The molecule has 3 amide bonds. The van der Waals surface area contributed by atoms with Crippen molar-refractivity contribution in [2.24, 2.45) is 0 Å². The molecule has 4 aromatic rings.